The number of halogens is 1. The topological polar surface area (TPSA) is 88.2 Å². The molecule has 42 heavy (non-hydrogen) atoms. The number of hydrogen-bond acceptors (Lipinski definition) is 5. The lowest BCUT2D eigenvalue weighted by Gasteiger charge is -2.29. The second kappa shape index (κ2) is 14.7. The second-order valence-electron chi connectivity index (χ2n) is 12.5. The van der Waals surface area contributed by atoms with Gasteiger partial charge in [-0.25, -0.2) is 0 Å². The van der Waals surface area contributed by atoms with Crippen LogP contribution in [-0.4, -0.2) is 35.7 Å². The molecule has 0 saturated heterocycles. The van der Waals surface area contributed by atoms with Crippen molar-refractivity contribution in [1.82, 2.24) is 14.8 Å². The number of benzene rings is 2. The lowest BCUT2D eigenvalue weighted by molar-refractivity contribution is -0.140. The highest BCUT2D eigenvalue weighted by molar-refractivity contribution is 9.10. The van der Waals surface area contributed by atoms with Gasteiger partial charge in [-0.05, 0) is 58.6 Å². The minimum Gasteiger partial charge on any atom is -0.480 e. The Morgan fingerprint density at radius 3 is 1.71 bits per heavy atom. The van der Waals surface area contributed by atoms with Crippen LogP contribution >= 0.6 is 27.7 Å². The normalized spacial score (nSPS) is 20.9. The number of hydrogen-bond donors (Lipinski definition) is 2. The van der Waals surface area contributed by atoms with E-state index in [1.54, 1.807) is 0 Å². The van der Waals surface area contributed by atoms with E-state index in [0.717, 1.165) is 60.5 Å². The number of aromatic nitrogens is 3. The SMILES string of the molecule is O=C(O)C1(Sc2nnc(Br)n2-c2ccc(C3(O)CC3)c3ccccc23)CCCCCCCCCCCCCCCCC1. The molecule has 1 aromatic heterocycles. The van der Waals surface area contributed by atoms with Gasteiger partial charge >= 0.3 is 5.97 Å². The van der Waals surface area contributed by atoms with E-state index in [4.69, 9.17) is 0 Å². The summed E-state index contributed by atoms with van der Waals surface area (Å²) in [6.45, 7) is 0. The van der Waals surface area contributed by atoms with Crippen LogP contribution in [-0.2, 0) is 10.4 Å². The number of carbonyl (C=O) groups is 1. The van der Waals surface area contributed by atoms with Crippen LogP contribution in [0.5, 0.6) is 0 Å². The molecule has 2 aliphatic rings. The molecular weight excluding hydrogens is 610 g/mol. The zero-order chi connectivity index (χ0) is 29.4. The van der Waals surface area contributed by atoms with E-state index in [-0.39, 0.29) is 0 Å². The van der Waals surface area contributed by atoms with Crippen molar-refractivity contribution < 1.29 is 15.0 Å². The molecule has 0 atom stereocenters. The molecule has 0 amide bonds. The highest BCUT2D eigenvalue weighted by atomic mass is 79.9. The van der Waals surface area contributed by atoms with Gasteiger partial charge in [-0.3, -0.25) is 9.36 Å². The van der Waals surface area contributed by atoms with E-state index in [1.807, 2.05) is 28.8 Å². The number of fused-ring (bicyclic) bond motifs is 1. The maximum absolute atomic E-state index is 13.1. The fraction of sp³-hybridized carbons (Fsp3) is 0.618. The molecule has 2 aliphatic carbocycles. The Morgan fingerprint density at radius 1 is 0.714 bits per heavy atom. The third kappa shape index (κ3) is 7.59. The van der Waals surface area contributed by atoms with Crippen molar-refractivity contribution >= 4 is 44.4 Å². The first-order chi connectivity index (χ1) is 20.4. The van der Waals surface area contributed by atoms with Gasteiger partial charge in [0.15, 0.2) is 5.16 Å². The van der Waals surface area contributed by atoms with E-state index in [2.05, 4.69) is 38.3 Å². The highest BCUT2D eigenvalue weighted by Crippen LogP contribution is 2.49. The summed E-state index contributed by atoms with van der Waals surface area (Å²) >= 11 is 5.00. The molecule has 0 unspecified atom stereocenters. The minimum absolute atomic E-state index is 0.550. The molecule has 0 radical (unpaired) electrons. The second-order valence-corrected chi connectivity index (χ2v) is 14.6. The molecular formula is C34H46BrN3O3S. The lowest BCUT2D eigenvalue weighted by atomic mass is 9.93. The van der Waals surface area contributed by atoms with Gasteiger partial charge in [0.25, 0.3) is 0 Å². The molecule has 2 saturated carbocycles. The Labute approximate surface area is 263 Å². The van der Waals surface area contributed by atoms with Gasteiger partial charge in [-0.1, -0.05) is 138 Å². The van der Waals surface area contributed by atoms with Crippen LogP contribution in [0.2, 0.25) is 0 Å². The quantitative estimate of drug-likeness (QED) is 0.284. The Bertz CT molecular complexity index is 1320. The maximum Gasteiger partial charge on any atom is 0.320 e. The molecule has 1 heterocycles. The third-order valence-electron chi connectivity index (χ3n) is 9.30. The Kier molecular flexibility index (Phi) is 11.0. The molecule has 2 fully saturated rings. The van der Waals surface area contributed by atoms with Crippen LogP contribution in [0.1, 0.15) is 128 Å². The summed E-state index contributed by atoms with van der Waals surface area (Å²) in [5.41, 5.74) is 1.08. The number of carboxylic acids is 1. The number of aliphatic carboxylic acids is 1. The van der Waals surface area contributed by atoms with Crippen LogP contribution in [0.15, 0.2) is 46.3 Å². The van der Waals surface area contributed by atoms with E-state index < -0.39 is 16.3 Å². The molecule has 2 N–H and O–H groups in total. The van der Waals surface area contributed by atoms with Gasteiger partial charge in [0, 0.05) is 5.39 Å². The summed E-state index contributed by atoms with van der Waals surface area (Å²) in [7, 11) is 0. The number of nitrogens with zero attached hydrogens (tertiary/aromatic N) is 3. The standard InChI is InChI=1S/C34H46BrN3O3S/c35-31-36-37-32(38(31)29-21-20-28(33(41)24-25-33)26-18-14-15-19-27(26)29)42-34(30(39)40)22-16-12-10-8-6-4-2-1-3-5-7-9-11-13-17-23-34/h14-15,18-21,41H,1-13,16-17,22-25H2,(H,39,40). The van der Waals surface area contributed by atoms with Crippen LogP contribution in [0.25, 0.3) is 16.5 Å². The van der Waals surface area contributed by atoms with Crippen molar-refractivity contribution in [3.63, 3.8) is 0 Å². The van der Waals surface area contributed by atoms with Crippen LogP contribution < -0.4 is 0 Å². The van der Waals surface area contributed by atoms with Gasteiger partial charge in [0.2, 0.25) is 4.73 Å². The molecule has 5 rings (SSSR count). The molecule has 2 aromatic carbocycles. The van der Waals surface area contributed by atoms with Crippen molar-refractivity contribution in [1.29, 1.82) is 0 Å². The Balaban J connectivity index is 1.42. The lowest BCUT2D eigenvalue weighted by Crippen LogP contribution is -2.35. The van der Waals surface area contributed by atoms with Crippen molar-refractivity contribution in [2.45, 2.75) is 138 Å². The molecule has 0 bridgehead atoms. The van der Waals surface area contributed by atoms with Crippen molar-refractivity contribution in [2.75, 3.05) is 0 Å². The summed E-state index contributed by atoms with van der Waals surface area (Å²) in [6.07, 6.45) is 20.9. The molecule has 8 heteroatoms. The first-order valence-corrected chi connectivity index (χ1v) is 17.8. The van der Waals surface area contributed by atoms with E-state index >= 15 is 0 Å². The zero-order valence-corrected chi connectivity index (χ0v) is 27.2. The fourth-order valence-electron chi connectivity index (χ4n) is 6.57. The first kappa shape index (κ1) is 31.5. The summed E-state index contributed by atoms with van der Waals surface area (Å²) in [5.74, 6) is -0.747. The monoisotopic (exact) mass is 655 g/mol. The van der Waals surface area contributed by atoms with Gasteiger partial charge in [-0.2, -0.15) is 0 Å². The third-order valence-corrected chi connectivity index (χ3v) is 11.2. The van der Waals surface area contributed by atoms with Crippen LogP contribution in [0.3, 0.4) is 0 Å². The summed E-state index contributed by atoms with van der Waals surface area (Å²) in [5, 5.41) is 33.2. The Hall–Kier alpha value is -1.90. The van der Waals surface area contributed by atoms with E-state index in [9.17, 15) is 15.0 Å². The van der Waals surface area contributed by atoms with Gasteiger partial charge < -0.3 is 10.2 Å². The molecule has 3 aromatic rings. The number of carboxylic acid groups (broad SMARTS) is 1. The Morgan fingerprint density at radius 2 is 1.21 bits per heavy atom. The predicted molar refractivity (Wildman–Crippen MR) is 174 cm³/mol. The first-order valence-electron chi connectivity index (χ1n) is 16.2. The zero-order valence-electron chi connectivity index (χ0n) is 24.8. The van der Waals surface area contributed by atoms with Gasteiger partial charge in [-0.15, -0.1) is 10.2 Å². The minimum atomic E-state index is -0.950. The summed E-state index contributed by atoms with van der Waals surface area (Å²) < 4.78 is 1.55. The number of aliphatic hydroxyl groups is 1. The van der Waals surface area contributed by atoms with Crippen molar-refractivity contribution in [3.05, 3.63) is 46.7 Å². The van der Waals surface area contributed by atoms with Gasteiger partial charge in [0.05, 0.1) is 11.3 Å². The van der Waals surface area contributed by atoms with Crippen LogP contribution in [0.4, 0.5) is 0 Å². The summed E-state index contributed by atoms with van der Waals surface area (Å²) in [6, 6.07) is 12.1. The fourth-order valence-corrected chi connectivity index (χ4v) is 8.41. The average molecular weight is 657 g/mol. The number of rotatable bonds is 5. The molecule has 6 nitrogen and oxygen atoms in total. The molecule has 0 spiro atoms. The highest BCUT2D eigenvalue weighted by Gasteiger charge is 2.44. The number of thioether (sulfide) groups is 1. The predicted octanol–water partition coefficient (Wildman–Crippen LogP) is 9.73. The molecule has 228 valence electrons. The van der Waals surface area contributed by atoms with Gasteiger partial charge in [0.1, 0.15) is 4.75 Å². The van der Waals surface area contributed by atoms with Crippen molar-refractivity contribution in [2.24, 2.45) is 0 Å². The van der Waals surface area contributed by atoms with E-state index in [0.29, 0.717) is 22.7 Å². The van der Waals surface area contributed by atoms with E-state index in [1.165, 1.54) is 82.4 Å². The molecule has 0 aliphatic heterocycles. The smallest absolute Gasteiger partial charge is 0.320 e. The average Bonchev–Trinajstić information content (AvgIpc) is 3.64. The largest absolute Gasteiger partial charge is 0.480 e. The maximum atomic E-state index is 13.1. The van der Waals surface area contributed by atoms with Crippen LogP contribution in [0, 0.1) is 0 Å². The van der Waals surface area contributed by atoms with Crippen molar-refractivity contribution in [3.8, 4) is 5.69 Å². The summed E-state index contributed by atoms with van der Waals surface area (Å²) in [4.78, 5) is 13.1.